The van der Waals surface area contributed by atoms with Gasteiger partial charge in [0.15, 0.2) is 0 Å². The molecular formula is C41H55F2N7O6. The molecule has 4 rings (SSSR count). The summed E-state index contributed by atoms with van der Waals surface area (Å²) in [5, 5.41) is 15.8. The predicted molar refractivity (Wildman–Crippen MR) is 207 cm³/mol. The lowest BCUT2D eigenvalue weighted by Crippen LogP contribution is -2.56. The molecule has 4 atom stereocenters. The normalized spacial score (nSPS) is 16.0. The summed E-state index contributed by atoms with van der Waals surface area (Å²) in [5.41, 5.74) is 12.5. The van der Waals surface area contributed by atoms with Crippen LogP contribution in [0, 0.1) is 23.0 Å². The van der Waals surface area contributed by atoms with Crippen LogP contribution in [-0.4, -0.2) is 93.4 Å². The first-order valence-electron chi connectivity index (χ1n) is 18.9. The highest BCUT2D eigenvalue weighted by atomic mass is 19.1. The molecule has 0 radical (unpaired) electrons. The van der Waals surface area contributed by atoms with Gasteiger partial charge in [-0.2, -0.15) is 0 Å². The summed E-state index contributed by atoms with van der Waals surface area (Å²) in [7, 11) is 0. The number of carbonyl (C=O) groups is 5. The van der Waals surface area contributed by atoms with Crippen molar-refractivity contribution in [3.8, 4) is 11.1 Å². The average molecular weight is 780 g/mol. The second-order valence-corrected chi connectivity index (χ2v) is 15.7. The van der Waals surface area contributed by atoms with Crippen molar-refractivity contribution in [1.82, 2.24) is 25.0 Å². The van der Waals surface area contributed by atoms with Gasteiger partial charge in [0.2, 0.25) is 29.5 Å². The molecule has 0 aliphatic carbocycles. The quantitative estimate of drug-likeness (QED) is 0.130. The Morgan fingerprint density at radius 1 is 1.04 bits per heavy atom. The van der Waals surface area contributed by atoms with Crippen LogP contribution < -0.4 is 22.1 Å². The molecule has 0 bridgehead atoms. The van der Waals surface area contributed by atoms with Crippen LogP contribution in [0.4, 0.5) is 8.78 Å². The molecule has 1 aromatic heterocycles. The van der Waals surface area contributed by atoms with Crippen LogP contribution in [0.1, 0.15) is 77.6 Å². The number of aliphatic hydroxyl groups excluding tert-OH is 1. The summed E-state index contributed by atoms with van der Waals surface area (Å²) < 4.78 is 31.3. The predicted octanol–water partition coefficient (Wildman–Crippen LogP) is 3.23. The number of likely N-dealkylation sites (tertiary alicyclic amines) is 1. The molecule has 1 saturated heterocycles. The van der Waals surface area contributed by atoms with E-state index in [0.29, 0.717) is 30.6 Å². The van der Waals surface area contributed by atoms with Crippen LogP contribution in [0.5, 0.6) is 0 Å². The number of aromatic nitrogens is 1. The molecular weight excluding hydrogens is 724 g/mol. The fourth-order valence-corrected chi connectivity index (χ4v) is 7.28. The van der Waals surface area contributed by atoms with Gasteiger partial charge in [0.05, 0.1) is 18.5 Å². The lowest BCUT2D eigenvalue weighted by atomic mass is 9.83. The van der Waals surface area contributed by atoms with Crippen molar-refractivity contribution in [2.45, 2.75) is 91.0 Å². The fraction of sp³-hybridized carbons (Fsp3) is 0.488. The van der Waals surface area contributed by atoms with Gasteiger partial charge in [-0.05, 0) is 60.4 Å². The number of halogens is 2. The number of nitrogens with two attached hydrogens (primary N) is 2. The maximum atomic E-state index is 15.1. The van der Waals surface area contributed by atoms with Crippen molar-refractivity contribution in [3.63, 3.8) is 0 Å². The van der Waals surface area contributed by atoms with Gasteiger partial charge in [-0.1, -0.05) is 65.0 Å². The third kappa shape index (κ3) is 11.0. The molecule has 1 fully saturated rings. The van der Waals surface area contributed by atoms with Crippen molar-refractivity contribution in [2.75, 3.05) is 26.2 Å². The van der Waals surface area contributed by atoms with Crippen LogP contribution in [-0.2, 0) is 30.5 Å². The van der Waals surface area contributed by atoms with E-state index < -0.39 is 77.4 Å². The van der Waals surface area contributed by atoms with Gasteiger partial charge in [-0.15, -0.1) is 0 Å². The summed E-state index contributed by atoms with van der Waals surface area (Å²) >= 11 is 0. The number of nitrogens with one attached hydrogen (secondary N) is 2. The fourth-order valence-electron chi connectivity index (χ4n) is 7.28. The van der Waals surface area contributed by atoms with E-state index in [2.05, 4.69) is 10.6 Å². The summed E-state index contributed by atoms with van der Waals surface area (Å²) in [6.07, 6.45) is 2.57. The first-order valence-corrected chi connectivity index (χ1v) is 18.9. The van der Waals surface area contributed by atoms with Gasteiger partial charge in [0, 0.05) is 49.2 Å². The largest absolute Gasteiger partial charge is 0.387 e. The Hall–Kier alpha value is -5.15. The molecule has 304 valence electrons. The zero-order valence-corrected chi connectivity index (χ0v) is 32.8. The molecule has 1 aliphatic heterocycles. The average Bonchev–Trinajstić information content (AvgIpc) is 3.79. The molecule has 7 N–H and O–H groups in total. The monoisotopic (exact) mass is 779 g/mol. The topological polar surface area (TPSA) is 193 Å². The van der Waals surface area contributed by atoms with E-state index in [-0.39, 0.29) is 44.0 Å². The SMILES string of the molecule is CC(C)[C@H](NC(=O)[C@@H]1CCCN1C(=O)[C@@H](N)CC(N)=O)C(=O)NCCCN(C(=O)CO)[C@@H](c1cc(-c2cc(F)ccc2F)cn1Cc1ccccc1)C(C)(C)C. The molecule has 15 heteroatoms. The van der Waals surface area contributed by atoms with Gasteiger partial charge in [0.1, 0.15) is 30.3 Å². The zero-order chi connectivity index (χ0) is 41.3. The Balaban J connectivity index is 1.53. The van der Waals surface area contributed by atoms with Crippen LogP contribution in [0.15, 0.2) is 60.8 Å². The van der Waals surface area contributed by atoms with Crippen LogP contribution >= 0.6 is 0 Å². The second-order valence-electron chi connectivity index (χ2n) is 15.7. The maximum Gasteiger partial charge on any atom is 0.248 e. The highest BCUT2D eigenvalue weighted by molar-refractivity contribution is 5.94. The molecule has 3 aromatic rings. The first-order chi connectivity index (χ1) is 26.4. The van der Waals surface area contributed by atoms with Gasteiger partial charge >= 0.3 is 0 Å². The maximum absolute atomic E-state index is 15.1. The Morgan fingerprint density at radius 3 is 2.36 bits per heavy atom. The molecule has 0 spiro atoms. The number of benzene rings is 2. The Morgan fingerprint density at radius 2 is 1.73 bits per heavy atom. The number of hydrogen-bond acceptors (Lipinski definition) is 7. The van der Waals surface area contributed by atoms with E-state index >= 15 is 4.39 Å². The molecule has 0 unspecified atom stereocenters. The lowest BCUT2D eigenvalue weighted by Gasteiger charge is -2.41. The minimum Gasteiger partial charge on any atom is -0.387 e. The number of aliphatic hydroxyl groups is 1. The van der Waals surface area contributed by atoms with Gasteiger partial charge in [-0.25, -0.2) is 8.78 Å². The van der Waals surface area contributed by atoms with E-state index in [9.17, 15) is 33.5 Å². The number of carbonyl (C=O) groups excluding carboxylic acids is 5. The van der Waals surface area contributed by atoms with Crippen LogP contribution in [0.3, 0.4) is 0 Å². The number of hydrogen-bond donors (Lipinski definition) is 5. The summed E-state index contributed by atoms with van der Waals surface area (Å²) in [5.74, 6) is -4.34. The Labute approximate surface area is 326 Å². The van der Waals surface area contributed by atoms with Crippen molar-refractivity contribution in [2.24, 2.45) is 22.8 Å². The molecule has 13 nitrogen and oxygen atoms in total. The summed E-state index contributed by atoms with van der Waals surface area (Å²) in [4.78, 5) is 67.5. The van der Waals surface area contributed by atoms with E-state index in [1.807, 2.05) is 55.7 Å². The number of amides is 5. The Bertz CT molecular complexity index is 1860. The molecule has 56 heavy (non-hydrogen) atoms. The summed E-state index contributed by atoms with van der Waals surface area (Å²) in [6.45, 7) is 9.48. The van der Waals surface area contributed by atoms with E-state index in [4.69, 9.17) is 11.5 Å². The third-order valence-electron chi connectivity index (χ3n) is 9.93. The lowest BCUT2D eigenvalue weighted by molar-refractivity contribution is -0.141. The highest BCUT2D eigenvalue weighted by Crippen LogP contribution is 2.41. The van der Waals surface area contributed by atoms with Crippen LogP contribution in [0.2, 0.25) is 0 Å². The van der Waals surface area contributed by atoms with Gasteiger partial charge in [-0.3, -0.25) is 24.0 Å². The van der Waals surface area contributed by atoms with Crippen molar-refractivity contribution in [1.29, 1.82) is 0 Å². The molecule has 5 amide bonds. The number of primary amides is 1. The minimum absolute atomic E-state index is 0.0687. The second kappa shape index (κ2) is 19.1. The first kappa shape index (κ1) is 43.6. The Kier molecular flexibility index (Phi) is 14.9. The molecule has 2 heterocycles. The minimum atomic E-state index is -1.17. The van der Waals surface area contributed by atoms with Crippen molar-refractivity contribution in [3.05, 3.63) is 83.7 Å². The van der Waals surface area contributed by atoms with E-state index in [1.54, 1.807) is 31.0 Å². The number of rotatable bonds is 17. The zero-order valence-electron chi connectivity index (χ0n) is 32.8. The van der Waals surface area contributed by atoms with Crippen molar-refractivity contribution >= 4 is 29.5 Å². The standard InChI is InChI=1S/C41H55F2N7O6/c1-25(2)36(47-38(54)32-13-9-17-49(32)40(56)31(44)21-34(45)52)39(55)46-16-10-18-50(35(53)24-51)37(41(3,4)5)33-19-27(29-20-28(42)14-15-30(29)43)23-48(33)22-26-11-7-6-8-12-26/h6-8,11-12,14-15,19-20,23,25,31-32,36-37,51H,9-10,13,16-18,21-22,24,44H2,1-5H3,(H2,45,52)(H,46,55)(H,47,54)/t31-,32-,36-,37-/m0/s1. The smallest absolute Gasteiger partial charge is 0.248 e. The van der Waals surface area contributed by atoms with E-state index in [0.717, 1.165) is 23.8 Å². The molecule has 2 aromatic carbocycles. The van der Waals surface area contributed by atoms with Gasteiger partial charge in [0.25, 0.3) is 0 Å². The molecule has 1 aliphatic rings. The van der Waals surface area contributed by atoms with Gasteiger partial charge < -0.3 is 41.6 Å². The summed E-state index contributed by atoms with van der Waals surface area (Å²) in [6, 6.07) is 10.9. The third-order valence-corrected chi connectivity index (χ3v) is 9.93. The highest BCUT2D eigenvalue weighted by Gasteiger charge is 2.39. The number of nitrogens with zero attached hydrogens (tertiary/aromatic N) is 3. The molecule has 0 saturated carbocycles. The van der Waals surface area contributed by atoms with Crippen molar-refractivity contribution < 1.29 is 37.9 Å². The van der Waals surface area contributed by atoms with E-state index in [1.165, 1.54) is 4.90 Å². The van der Waals surface area contributed by atoms with Crippen LogP contribution in [0.25, 0.3) is 11.1 Å².